The third-order valence-electron chi connectivity index (χ3n) is 7.70. The molecule has 4 aromatic rings. The third kappa shape index (κ3) is 6.34. The molecule has 6 nitrogen and oxygen atoms in total. The van der Waals surface area contributed by atoms with Gasteiger partial charge in [0.1, 0.15) is 22.6 Å². The van der Waals surface area contributed by atoms with Gasteiger partial charge in [-0.05, 0) is 35.9 Å². The first-order valence-corrected chi connectivity index (χ1v) is 19.1. The summed E-state index contributed by atoms with van der Waals surface area (Å²) < 4.78 is 38.8. The van der Waals surface area contributed by atoms with Crippen LogP contribution in [-0.4, -0.2) is 20.3 Å². The van der Waals surface area contributed by atoms with E-state index in [1.807, 2.05) is 86.6 Å². The largest absolute Gasteiger partial charge is 0.497 e. The van der Waals surface area contributed by atoms with Crippen molar-refractivity contribution < 1.29 is 23.1 Å². The molecule has 2 aliphatic heterocycles. The van der Waals surface area contributed by atoms with Crippen molar-refractivity contribution in [2.75, 3.05) is 20.3 Å². The Hall–Kier alpha value is -2.73. The van der Waals surface area contributed by atoms with E-state index in [2.05, 4.69) is 29.4 Å². The molecule has 228 valence electrons. The van der Waals surface area contributed by atoms with Crippen LogP contribution >= 0.6 is 25.4 Å². The van der Waals surface area contributed by atoms with Crippen molar-refractivity contribution in [3.05, 3.63) is 125 Å². The smallest absolute Gasteiger partial charge is 0.365 e. The maximum atomic E-state index is 14.6. The molecule has 10 heteroatoms. The zero-order valence-corrected chi connectivity index (χ0v) is 28.1. The second-order valence-corrected chi connectivity index (χ2v) is 18.2. The molecular formula is C34H34ClNO5P2S. The Morgan fingerprint density at radius 2 is 1.52 bits per heavy atom. The lowest BCUT2D eigenvalue weighted by molar-refractivity contribution is 0.0465. The molecule has 1 unspecified atom stereocenters. The van der Waals surface area contributed by atoms with E-state index >= 15 is 0 Å². The molecule has 0 bridgehead atoms. The summed E-state index contributed by atoms with van der Waals surface area (Å²) in [6.07, 6.45) is -2.21. The Morgan fingerprint density at radius 1 is 0.932 bits per heavy atom. The molecule has 0 aromatic heterocycles. The number of fused-ring (bicyclic) bond motifs is 1. The van der Waals surface area contributed by atoms with Crippen molar-refractivity contribution in [3.8, 4) is 11.5 Å². The highest BCUT2D eigenvalue weighted by atomic mass is 35.5. The third-order valence-corrected chi connectivity index (χ3v) is 14.2. The summed E-state index contributed by atoms with van der Waals surface area (Å²) >= 11 is 13.1. The zero-order valence-electron chi connectivity index (χ0n) is 24.7. The molecule has 0 radical (unpaired) electrons. The summed E-state index contributed by atoms with van der Waals surface area (Å²) in [6, 6.07) is 32.9. The summed E-state index contributed by atoms with van der Waals surface area (Å²) in [5, 5.41) is 6.95. The van der Waals surface area contributed by atoms with Crippen LogP contribution in [-0.2, 0) is 25.4 Å². The van der Waals surface area contributed by atoms with Gasteiger partial charge in [-0.25, -0.2) is 0 Å². The fourth-order valence-electron chi connectivity index (χ4n) is 5.36. The predicted molar refractivity (Wildman–Crippen MR) is 182 cm³/mol. The van der Waals surface area contributed by atoms with Gasteiger partial charge in [0.25, 0.3) is 0 Å². The van der Waals surface area contributed by atoms with E-state index in [4.69, 9.17) is 41.9 Å². The van der Waals surface area contributed by atoms with Crippen LogP contribution in [0, 0.1) is 5.41 Å². The second kappa shape index (κ2) is 12.6. The quantitative estimate of drug-likeness (QED) is 0.199. The second-order valence-electron chi connectivity index (χ2n) is 11.7. The highest BCUT2D eigenvalue weighted by molar-refractivity contribution is 8.20. The minimum atomic E-state index is -3.79. The van der Waals surface area contributed by atoms with E-state index in [-0.39, 0.29) is 24.7 Å². The Kier molecular flexibility index (Phi) is 8.94. The van der Waals surface area contributed by atoms with E-state index in [9.17, 15) is 4.57 Å². The molecule has 1 fully saturated rings. The van der Waals surface area contributed by atoms with Gasteiger partial charge in [0, 0.05) is 39.1 Å². The van der Waals surface area contributed by atoms with Crippen molar-refractivity contribution in [2.24, 2.45) is 5.41 Å². The van der Waals surface area contributed by atoms with Gasteiger partial charge < -0.3 is 18.5 Å². The normalized spacial score (nSPS) is 20.2. The molecule has 44 heavy (non-hydrogen) atoms. The summed E-state index contributed by atoms with van der Waals surface area (Å²) in [5.41, 5.74) is 1.27. The molecule has 1 atom stereocenters. The van der Waals surface area contributed by atoms with Gasteiger partial charge in [0.05, 0.1) is 26.5 Å². The first-order chi connectivity index (χ1) is 21.1. The van der Waals surface area contributed by atoms with Gasteiger partial charge in [0.2, 0.25) is 0 Å². The van der Waals surface area contributed by atoms with Crippen molar-refractivity contribution in [2.45, 2.75) is 26.3 Å². The van der Waals surface area contributed by atoms with Gasteiger partial charge in [0.15, 0.2) is 0 Å². The summed E-state index contributed by atoms with van der Waals surface area (Å²) in [5.74, 6) is 1.78. The van der Waals surface area contributed by atoms with Crippen LogP contribution in [0.25, 0.3) is 5.31 Å². The lowest BCUT2D eigenvalue weighted by atomic mass is 9.97. The lowest BCUT2D eigenvalue weighted by Crippen LogP contribution is -2.33. The Bertz CT molecular complexity index is 1720. The standard InChI is InChI=1S/C34H34ClNO5P2S/c1-34(2)22-39-43(37,40-23-34)33(24-14-17-26(38-3)18-15-24)32-21-30(29-20-25(35)16-19-31(29)41-32)36-42(44,27-10-6-4-7-11-27)28-12-8-5-9-13-28/h4-20,30H,21-23H2,1-3H3,(H,36,44)/b33-32+. The van der Waals surface area contributed by atoms with Crippen LogP contribution in [0.2, 0.25) is 5.02 Å². The summed E-state index contributed by atoms with van der Waals surface area (Å²) in [7, 11) is -2.18. The number of rotatable bonds is 7. The molecule has 1 N–H and O–H groups in total. The molecular weight excluding hydrogens is 632 g/mol. The van der Waals surface area contributed by atoms with Gasteiger partial charge in [-0.15, -0.1) is 0 Å². The average molecular weight is 666 g/mol. The van der Waals surface area contributed by atoms with Gasteiger partial charge >= 0.3 is 7.60 Å². The Morgan fingerprint density at radius 3 is 2.09 bits per heavy atom. The number of nitrogens with one attached hydrogen (secondary N) is 1. The molecule has 0 amide bonds. The number of hydrogen-bond acceptors (Lipinski definition) is 6. The van der Waals surface area contributed by atoms with Crippen LogP contribution in [0.1, 0.15) is 37.4 Å². The first kappa shape index (κ1) is 31.3. The first-order valence-electron chi connectivity index (χ1n) is 14.3. The number of methoxy groups -OCH3 is 1. The minimum Gasteiger partial charge on any atom is -0.497 e. The molecule has 0 spiro atoms. The van der Waals surface area contributed by atoms with Crippen molar-refractivity contribution in [1.82, 2.24) is 5.09 Å². The number of benzene rings is 4. The lowest BCUT2D eigenvalue weighted by Gasteiger charge is -2.38. The molecule has 0 aliphatic carbocycles. The van der Waals surface area contributed by atoms with E-state index in [0.29, 0.717) is 39.6 Å². The van der Waals surface area contributed by atoms with Crippen molar-refractivity contribution in [1.29, 1.82) is 0 Å². The van der Waals surface area contributed by atoms with Crippen LogP contribution in [0.5, 0.6) is 11.5 Å². The highest BCUT2D eigenvalue weighted by Gasteiger charge is 2.44. The Labute approximate surface area is 268 Å². The van der Waals surface area contributed by atoms with Gasteiger partial charge in [-0.2, -0.15) is 0 Å². The van der Waals surface area contributed by atoms with Crippen LogP contribution in [0.15, 0.2) is 109 Å². The van der Waals surface area contributed by atoms with E-state index in [0.717, 1.165) is 16.2 Å². The maximum absolute atomic E-state index is 14.6. The Balaban J connectivity index is 1.51. The highest BCUT2D eigenvalue weighted by Crippen LogP contribution is 2.66. The topological polar surface area (TPSA) is 66.0 Å². The van der Waals surface area contributed by atoms with Crippen molar-refractivity contribution >= 4 is 53.1 Å². The van der Waals surface area contributed by atoms with Gasteiger partial charge in [-0.3, -0.25) is 9.65 Å². The average Bonchev–Trinajstić information content (AvgIpc) is 3.04. The van der Waals surface area contributed by atoms with Crippen LogP contribution in [0.3, 0.4) is 0 Å². The molecule has 2 aliphatic rings. The number of ether oxygens (including phenoxy) is 2. The minimum absolute atomic E-state index is 0.276. The van der Waals surface area contributed by atoms with E-state index < -0.39 is 13.8 Å². The molecule has 1 saturated heterocycles. The molecule has 4 aromatic carbocycles. The van der Waals surface area contributed by atoms with Crippen LogP contribution in [0.4, 0.5) is 0 Å². The van der Waals surface area contributed by atoms with E-state index in [1.54, 1.807) is 13.2 Å². The van der Waals surface area contributed by atoms with Crippen molar-refractivity contribution in [3.63, 3.8) is 0 Å². The molecule has 0 saturated carbocycles. The number of halogens is 1. The summed E-state index contributed by atoms with van der Waals surface area (Å²) in [4.78, 5) is 0. The van der Waals surface area contributed by atoms with Crippen LogP contribution < -0.4 is 25.2 Å². The maximum Gasteiger partial charge on any atom is 0.365 e. The predicted octanol–water partition coefficient (Wildman–Crippen LogP) is 8.44. The fraction of sp³-hybridized carbons (Fsp3) is 0.235. The molecule has 6 rings (SSSR count). The SMILES string of the molecule is COc1ccc(/C(=C2/CC(NP(=S)(c3ccccc3)c3ccccc3)c3cc(Cl)ccc3O2)P2(=O)OCC(C)(C)CO2)cc1. The monoisotopic (exact) mass is 665 g/mol. The fourth-order valence-corrected chi connectivity index (χ4v) is 11.4. The molecule has 2 heterocycles. The van der Waals surface area contributed by atoms with Gasteiger partial charge in [-0.1, -0.05) is 110 Å². The zero-order chi connectivity index (χ0) is 31.0. The summed E-state index contributed by atoms with van der Waals surface area (Å²) in [6.45, 7) is 4.61. The number of hydrogen-bond donors (Lipinski definition) is 1. The van der Waals surface area contributed by atoms with E-state index in [1.165, 1.54) is 0 Å².